The van der Waals surface area contributed by atoms with E-state index in [4.69, 9.17) is 5.26 Å². The Bertz CT molecular complexity index is 542. The van der Waals surface area contributed by atoms with Crippen molar-refractivity contribution in [1.29, 1.82) is 5.26 Å². The molecule has 4 nitrogen and oxygen atoms in total. The van der Waals surface area contributed by atoms with Crippen LogP contribution in [0.1, 0.15) is 54.9 Å². The molecule has 0 saturated heterocycles. The molecule has 4 heteroatoms. The average molecular weight is 286 g/mol. The lowest BCUT2D eigenvalue weighted by Gasteiger charge is -2.36. The van der Waals surface area contributed by atoms with E-state index in [-0.39, 0.29) is 12.4 Å². The SMILES string of the molecule is CC(=O)c1ccc(C#N)cc1N(CCO)C1CCCCC1. The lowest BCUT2D eigenvalue weighted by atomic mass is 9.92. The van der Waals surface area contributed by atoms with E-state index in [1.54, 1.807) is 25.1 Å². The van der Waals surface area contributed by atoms with E-state index < -0.39 is 0 Å². The molecule has 1 saturated carbocycles. The number of ketones is 1. The Kier molecular flexibility index (Phi) is 5.35. The Morgan fingerprint density at radius 2 is 2.10 bits per heavy atom. The summed E-state index contributed by atoms with van der Waals surface area (Å²) in [4.78, 5) is 14.0. The monoisotopic (exact) mass is 286 g/mol. The molecule has 1 aliphatic carbocycles. The van der Waals surface area contributed by atoms with Crippen molar-refractivity contribution in [3.63, 3.8) is 0 Å². The Balaban J connectivity index is 2.42. The quantitative estimate of drug-likeness (QED) is 0.845. The minimum atomic E-state index is -0.00626. The maximum atomic E-state index is 11.9. The van der Waals surface area contributed by atoms with Crippen molar-refractivity contribution >= 4 is 11.5 Å². The van der Waals surface area contributed by atoms with Crippen LogP contribution in [-0.2, 0) is 0 Å². The number of hydrogen-bond donors (Lipinski definition) is 1. The first-order valence-electron chi connectivity index (χ1n) is 7.60. The molecule has 21 heavy (non-hydrogen) atoms. The molecule has 0 aliphatic heterocycles. The van der Waals surface area contributed by atoms with Gasteiger partial charge in [0.2, 0.25) is 0 Å². The molecule has 0 amide bonds. The molecule has 1 aromatic rings. The third kappa shape index (κ3) is 3.62. The highest BCUT2D eigenvalue weighted by Crippen LogP contribution is 2.30. The van der Waals surface area contributed by atoms with Crippen molar-refractivity contribution in [1.82, 2.24) is 0 Å². The second-order valence-corrected chi connectivity index (χ2v) is 5.61. The predicted octanol–water partition coefficient (Wildman–Crippen LogP) is 2.89. The highest BCUT2D eigenvalue weighted by atomic mass is 16.3. The number of anilines is 1. The van der Waals surface area contributed by atoms with Gasteiger partial charge in [-0.3, -0.25) is 4.79 Å². The fourth-order valence-corrected chi connectivity index (χ4v) is 3.14. The normalized spacial score (nSPS) is 15.5. The molecule has 0 heterocycles. The van der Waals surface area contributed by atoms with E-state index >= 15 is 0 Å². The molecule has 0 spiro atoms. The Morgan fingerprint density at radius 1 is 1.38 bits per heavy atom. The van der Waals surface area contributed by atoms with E-state index in [0.29, 0.717) is 23.7 Å². The van der Waals surface area contributed by atoms with Gasteiger partial charge in [0.25, 0.3) is 0 Å². The zero-order valence-corrected chi connectivity index (χ0v) is 12.5. The van der Waals surface area contributed by atoms with Crippen LogP contribution in [0.25, 0.3) is 0 Å². The zero-order valence-electron chi connectivity index (χ0n) is 12.5. The van der Waals surface area contributed by atoms with Gasteiger partial charge in [-0.1, -0.05) is 19.3 Å². The van der Waals surface area contributed by atoms with Crippen LogP contribution >= 0.6 is 0 Å². The van der Waals surface area contributed by atoms with Gasteiger partial charge in [-0.25, -0.2) is 0 Å². The molecule has 1 aromatic carbocycles. The summed E-state index contributed by atoms with van der Waals surface area (Å²) in [5.41, 5.74) is 1.98. The number of benzene rings is 1. The van der Waals surface area contributed by atoms with Gasteiger partial charge in [0.1, 0.15) is 0 Å². The van der Waals surface area contributed by atoms with E-state index in [9.17, 15) is 9.90 Å². The standard InChI is InChI=1S/C17H22N2O2/c1-13(21)16-8-7-14(12-18)11-17(16)19(9-10-20)15-5-3-2-4-6-15/h7-8,11,15,20H,2-6,9-10H2,1H3. The highest BCUT2D eigenvalue weighted by Gasteiger charge is 2.24. The maximum Gasteiger partial charge on any atom is 0.161 e. The Hall–Kier alpha value is -1.86. The van der Waals surface area contributed by atoms with Crippen molar-refractivity contribution in [3.8, 4) is 6.07 Å². The van der Waals surface area contributed by atoms with E-state index in [0.717, 1.165) is 18.5 Å². The van der Waals surface area contributed by atoms with Gasteiger partial charge in [0.05, 0.1) is 18.2 Å². The van der Waals surface area contributed by atoms with Crippen molar-refractivity contribution < 1.29 is 9.90 Å². The number of aliphatic hydroxyl groups excluding tert-OH is 1. The van der Waals surface area contributed by atoms with Gasteiger partial charge in [0.15, 0.2) is 5.78 Å². The molecule has 1 N–H and O–H groups in total. The molecular formula is C17H22N2O2. The Morgan fingerprint density at radius 3 is 2.67 bits per heavy atom. The molecule has 0 bridgehead atoms. The smallest absolute Gasteiger partial charge is 0.161 e. The number of nitriles is 1. The van der Waals surface area contributed by atoms with Gasteiger partial charge in [-0.15, -0.1) is 0 Å². The summed E-state index contributed by atoms with van der Waals surface area (Å²) in [6, 6.07) is 7.66. The van der Waals surface area contributed by atoms with Crippen LogP contribution < -0.4 is 4.90 Å². The van der Waals surface area contributed by atoms with Crippen LogP contribution in [0.2, 0.25) is 0 Å². The molecule has 0 radical (unpaired) electrons. The van der Waals surface area contributed by atoms with Crippen molar-refractivity contribution in [2.45, 2.75) is 45.1 Å². The molecule has 0 aromatic heterocycles. The van der Waals surface area contributed by atoms with Crippen molar-refractivity contribution in [2.75, 3.05) is 18.1 Å². The first-order valence-corrected chi connectivity index (χ1v) is 7.60. The topological polar surface area (TPSA) is 64.3 Å². The van der Waals surface area contributed by atoms with Crippen LogP contribution in [0.15, 0.2) is 18.2 Å². The Labute approximate surface area is 126 Å². The van der Waals surface area contributed by atoms with Gasteiger partial charge >= 0.3 is 0 Å². The third-order valence-corrected chi connectivity index (χ3v) is 4.17. The summed E-state index contributed by atoms with van der Waals surface area (Å²) >= 11 is 0. The average Bonchev–Trinajstić information content (AvgIpc) is 2.52. The maximum absolute atomic E-state index is 11.9. The summed E-state index contributed by atoms with van der Waals surface area (Å²) < 4.78 is 0. The molecule has 1 aliphatic rings. The number of rotatable bonds is 5. The summed E-state index contributed by atoms with van der Waals surface area (Å²) in [6.45, 7) is 2.09. The number of hydrogen-bond acceptors (Lipinski definition) is 4. The summed E-state index contributed by atoms with van der Waals surface area (Å²) in [5, 5.41) is 18.5. The second kappa shape index (κ2) is 7.24. The third-order valence-electron chi connectivity index (χ3n) is 4.17. The van der Waals surface area contributed by atoms with Gasteiger partial charge < -0.3 is 10.0 Å². The van der Waals surface area contributed by atoms with Crippen LogP contribution in [-0.4, -0.2) is 30.1 Å². The number of carbonyl (C=O) groups is 1. The lowest BCUT2D eigenvalue weighted by Crippen LogP contribution is -2.39. The van der Waals surface area contributed by atoms with E-state index in [1.807, 2.05) is 0 Å². The fraction of sp³-hybridized carbons (Fsp3) is 0.529. The molecule has 0 unspecified atom stereocenters. The van der Waals surface area contributed by atoms with Crippen LogP contribution in [0.3, 0.4) is 0 Å². The summed E-state index contributed by atoms with van der Waals surface area (Å²) in [6.07, 6.45) is 5.77. The molecule has 112 valence electrons. The zero-order chi connectivity index (χ0) is 15.2. The largest absolute Gasteiger partial charge is 0.395 e. The lowest BCUT2D eigenvalue weighted by molar-refractivity contribution is 0.101. The van der Waals surface area contributed by atoms with Gasteiger partial charge in [0, 0.05) is 23.8 Å². The minimum Gasteiger partial charge on any atom is -0.395 e. The van der Waals surface area contributed by atoms with Gasteiger partial charge in [-0.2, -0.15) is 5.26 Å². The second-order valence-electron chi connectivity index (χ2n) is 5.61. The minimum absolute atomic E-state index is 0.00626. The number of Topliss-reactive ketones (excluding diaryl/α,β-unsaturated/α-hetero) is 1. The first-order chi connectivity index (χ1) is 10.2. The van der Waals surface area contributed by atoms with Crippen LogP contribution in [0.5, 0.6) is 0 Å². The summed E-state index contributed by atoms with van der Waals surface area (Å²) in [5.74, 6) is -0.00626. The first kappa shape index (κ1) is 15.5. The van der Waals surface area contributed by atoms with Gasteiger partial charge in [-0.05, 0) is 38.0 Å². The summed E-state index contributed by atoms with van der Waals surface area (Å²) in [7, 11) is 0. The van der Waals surface area contributed by atoms with E-state index in [2.05, 4.69) is 11.0 Å². The van der Waals surface area contributed by atoms with Crippen molar-refractivity contribution in [2.24, 2.45) is 0 Å². The number of carbonyl (C=O) groups excluding carboxylic acids is 1. The van der Waals surface area contributed by atoms with E-state index in [1.165, 1.54) is 19.3 Å². The highest BCUT2D eigenvalue weighted by molar-refractivity contribution is 6.00. The fourth-order valence-electron chi connectivity index (χ4n) is 3.14. The number of nitrogens with zero attached hydrogens (tertiary/aromatic N) is 2. The molecule has 2 rings (SSSR count). The molecule has 1 fully saturated rings. The predicted molar refractivity (Wildman–Crippen MR) is 82.5 cm³/mol. The van der Waals surface area contributed by atoms with Crippen LogP contribution in [0.4, 0.5) is 5.69 Å². The number of aliphatic hydroxyl groups is 1. The molecule has 0 atom stereocenters. The molecular weight excluding hydrogens is 264 g/mol. The van der Waals surface area contributed by atoms with Crippen LogP contribution in [0, 0.1) is 11.3 Å². The van der Waals surface area contributed by atoms with Crippen molar-refractivity contribution in [3.05, 3.63) is 29.3 Å².